The van der Waals surface area contributed by atoms with Gasteiger partial charge in [0, 0.05) is 36.3 Å². The molecule has 0 aliphatic carbocycles. The minimum absolute atomic E-state index is 0.00831. The molecule has 0 atom stereocenters. The Balaban J connectivity index is 1.98. The van der Waals surface area contributed by atoms with Crippen LogP contribution in [0.15, 0.2) is 24.3 Å². The Kier molecular flexibility index (Phi) is 4.30. The number of hydrogen-bond acceptors (Lipinski definition) is 6. The zero-order chi connectivity index (χ0) is 16.4. The third kappa shape index (κ3) is 3.06. The van der Waals surface area contributed by atoms with Gasteiger partial charge in [-0.1, -0.05) is 0 Å². The summed E-state index contributed by atoms with van der Waals surface area (Å²) in [5.74, 6) is 1.88. The Morgan fingerprint density at radius 2 is 2.17 bits per heavy atom. The lowest BCUT2D eigenvalue weighted by atomic mass is 10.2. The first kappa shape index (κ1) is 15.5. The molecule has 1 aliphatic heterocycles. The lowest BCUT2D eigenvalue weighted by Crippen LogP contribution is -2.20. The van der Waals surface area contributed by atoms with Gasteiger partial charge < -0.3 is 10.1 Å². The van der Waals surface area contributed by atoms with Crippen molar-refractivity contribution in [2.45, 2.75) is 11.5 Å². The van der Waals surface area contributed by atoms with E-state index in [1.807, 2.05) is 0 Å². The highest BCUT2D eigenvalue weighted by atomic mass is 32.2. The van der Waals surface area contributed by atoms with Crippen molar-refractivity contribution in [3.8, 4) is 5.69 Å². The lowest BCUT2D eigenvalue weighted by Gasteiger charge is -2.10. The summed E-state index contributed by atoms with van der Waals surface area (Å²) in [6.07, 6.45) is 0. The molecule has 0 saturated heterocycles. The molecule has 0 unspecified atom stereocenters. The van der Waals surface area contributed by atoms with E-state index in [1.165, 1.54) is 19.2 Å². The molecule has 0 bridgehead atoms. The van der Waals surface area contributed by atoms with E-state index in [1.54, 1.807) is 28.6 Å². The van der Waals surface area contributed by atoms with Gasteiger partial charge in [0.15, 0.2) is 0 Å². The quantitative estimate of drug-likeness (QED) is 0.664. The highest BCUT2D eigenvalue weighted by Gasteiger charge is 2.24. The van der Waals surface area contributed by atoms with Crippen molar-refractivity contribution in [3.63, 3.8) is 0 Å². The Morgan fingerprint density at radius 1 is 1.43 bits per heavy atom. The Morgan fingerprint density at radius 3 is 2.83 bits per heavy atom. The van der Waals surface area contributed by atoms with Crippen LogP contribution in [0.2, 0.25) is 0 Å². The second kappa shape index (κ2) is 6.39. The van der Waals surface area contributed by atoms with E-state index in [4.69, 9.17) is 4.74 Å². The second-order valence-corrected chi connectivity index (χ2v) is 5.92. The number of nitro groups is 1. The van der Waals surface area contributed by atoms with Gasteiger partial charge in [-0.05, 0) is 12.1 Å². The number of nitrogens with zero attached hydrogens (tertiary/aromatic N) is 3. The SMILES string of the molecule is COCC(=O)Nc1c2c(nn1-c1ccc([N+](=O)[O-])cc1)CSC2. The molecule has 120 valence electrons. The van der Waals surface area contributed by atoms with Crippen molar-refractivity contribution in [3.05, 3.63) is 45.6 Å². The number of hydrogen-bond donors (Lipinski definition) is 1. The van der Waals surface area contributed by atoms with E-state index in [0.29, 0.717) is 11.5 Å². The monoisotopic (exact) mass is 334 g/mol. The number of nitrogens with one attached hydrogen (secondary N) is 1. The van der Waals surface area contributed by atoms with Gasteiger partial charge in [0.1, 0.15) is 12.4 Å². The maximum Gasteiger partial charge on any atom is 0.269 e. The molecular weight excluding hydrogens is 320 g/mol. The van der Waals surface area contributed by atoms with Crippen molar-refractivity contribution in [1.82, 2.24) is 9.78 Å². The van der Waals surface area contributed by atoms with E-state index in [2.05, 4.69) is 10.4 Å². The molecule has 9 heteroatoms. The maximum absolute atomic E-state index is 11.9. The molecule has 1 aromatic heterocycles. The smallest absolute Gasteiger partial charge is 0.269 e. The van der Waals surface area contributed by atoms with Crippen LogP contribution in [-0.4, -0.2) is 34.3 Å². The van der Waals surface area contributed by atoms with Gasteiger partial charge in [0.2, 0.25) is 0 Å². The highest BCUT2D eigenvalue weighted by Crippen LogP contribution is 2.36. The Bertz CT molecular complexity index is 757. The summed E-state index contributed by atoms with van der Waals surface area (Å²) in [6.45, 7) is -0.0483. The molecule has 0 fully saturated rings. The Labute approximate surface area is 136 Å². The number of methoxy groups -OCH3 is 1. The van der Waals surface area contributed by atoms with E-state index in [9.17, 15) is 14.9 Å². The zero-order valence-electron chi connectivity index (χ0n) is 12.3. The number of amides is 1. The number of aromatic nitrogens is 2. The number of benzene rings is 1. The summed E-state index contributed by atoms with van der Waals surface area (Å²) < 4.78 is 6.45. The van der Waals surface area contributed by atoms with Crippen LogP contribution in [0.1, 0.15) is 11.3 Å². The number of rotatable bonds is 5. The van der Waals surface area contributed by atoms with Gasteiger partial charge in [-0.3, -0.25) is 14.9 Å². The van der Waals surface area contributed by atoms with Gasteiger partial charge in [-0.15, -0.1) is 0 Å². The summed E-state index contributed by atoms with van der Waals surface area (Å²) in [6, 6.07) is 6.05. The number of ether oxygens (including phenoxy) is 1. The van der Waals surface area contributed by atoms with E-state index < -0.39 is 4.92 Å². The van der Waals surface area contributed by atoms with Crippen molar-refractivity contribution in [2.24, 2.45) is 0 Å². The average Bonchev–Trinajstić information content (AvgIpc) is 3.10. The fraction of sp³-hybridized carbons (Fsp3) is 0.286. The van der Waals surface area contributed by atoms with Gasteiger partial charge in [-0.2, -0.15) is 16.9 Å². The molecule has 2 aromatic rings. The predicted molar refractivity (Wildman–Crippen MR) is 85.7 cm³/mol. The molecule has 1 aromatic carbocycles. The van der Waals surface area contributed by atoms with E-state index >= 15 is 0 Å². The summed E-state index contributed by atoms with van der Waals surface area (Å²) >= 11 is 1.73. The predicted octanol–water partition coefficient (Wildman–Crippen LogP) is 2.11. The van der Waals surface area contributed by atoms with Crippen LogP contribution >= 0.6 is 11.8 Å². The largest absolute Gasteiger partial charge is 0.375 e. The topological polar surface area (TPSA) is 99.3 Å². The molecule has 2 heterocycles. The van der Waals surface area contributed by atoms with E-state index in [0.717, 1.165) is 22.8 Å². The molecule has 1 amide bonds. The number of carbonyl (C=O) groups is 1. The third-order valence-corrected chi connectivity index (χ3v) is 4.36. The number of carbonyl (C=O) groups excluding carboxylic acids is 1. The first-order valence-electron chi connectivity index (χ1n) is 6.82. The first-order chi connectivity index (χ1) is 11.1. The highest BCUT2D eigenvalue weighted by molar-refractivity contribution is 7.98. The van der Waals surface area contributed by atoms with Crippen LogP contribution in [0.5, 0.6) is 0 Å². The van der Waals surface area contributed by atoms with Gasteiger partial charge in [-0.25, -0.2) is 4.68 Å². The van der Waals surface area contributed by atoms with Crippen LogP contribution in [0.4, 0.5) is 11.5 Å². The van der Waals surface area contributed by atoms with Crippen LogP contribution < -0.4 is 5.32 Å². The molecule has 23 heavy (non-hydrogen) atoms. The number of thioether (sulfide) groups is 1. The molecule has 0 spiro atoms. The number of nitro benzene ring substituents is 1. The van der Waals surface area contributed by atoms with Crippen molar-refractivity contribution < 1.29 is 14.5 Å². The van der Waals surface area contributed by atoms with E-state index in [-0.39, 0.29) is 18.2 Å². The van der Waals surface area contributed by atoms with Crippen LogP contribution in [0, 0.1) is 10.1 Å². The minimum Gasteiger partial charge on any atom is -0.375 e. The number of non-ortho nitro benzene ring substituents is 1. The molecule has 0 radical (unpaired) electrons. The normalized spacial score (nSPS) is 12.9. The molecule has 1 aliphatic rings. The molecular formula is C14H14N4O4S. The van der Waals surface area contributed by atoms with Crippen molar-refractivity contribution in [1.29, 1.82) is 0 Å². The second-order valence-electron chi connectivity index (χ2n) is 4.93. The number of anilines is 1. The molecule has 0 saturated carbocycles. The summed E-state index contributed by atoms with van der Waals surface area (Å²) in [4.78, 5) is 22.2. The molecule has 3 rings (SSSR count). The summed E-state index contributed by atoms with van der Waals surface area (Å²) in [5.41, 5.74) is 2.57. The minimum atomic E-state index is -0.454. The average molecular weight is 334 g/mol. The molecule has 1 N–H and O–H groups in total. The zero-order valence-corrected chi connectivity index (χ0v) is 13.1. The van der Waals surface area contributed by atoms with Crippen molar-refractivity contribution in [2.75, 3.05) is 19.0 Å². The summed E-state index contributed by atoms with van der Waals surface area (Å²) in [5, 5.41) is 18.1. The molecule has 8 nitrogen and oxygen atoms in total. The van der Waals surface area contributed by atoms with Gasteiger partial charge in [0.05, 0.1) is 16.3 Å². The van der Waals surface area contributed by atoms with Gasteiger partial charge in [0.25, 0.3) is 11.6 Å². The summed E-state index contributed by atoms with van der Waals surface area (Å²) in [7, 11) is 1.45. The van der Waals surface area contributed by atoms with Crippen LogP contribution in [-0.2, 0) is 21.0 Å². The number of fused-ring (bicyclic) bond motifs is 1. The Hall–Kier alpha value is -2.39. The fourth-order valence-corrected chi connectivity index (χ4v) is 3.38. The first-order valence-corrected chi connectivity index (χ1v) is 7.97. The lowest BCUT2D eigenvalue weighted by molar-refractivity contribution is -0.384. The van der Waals surface area contributed by atoms with Crippen molar-refractivity contribution >= 4 is 29.2 Å². The standard InChI is InChI=1S/C14H14N4O4S/c1-22-6-13(19)15-14-11-7-23-8-12(11)16-17(14)9-2-4-10(5-3-9)18(20)21/h2-5H,6-8H2,1H3,(H,15,19). The van der Waals surface area contributed by atoms with Crippen LogP contribution in [0.25, 0.3) is 5.69 Å². The van der Waals surface area contributed by atoms with Crippen LogP contribution in [0.3, 0.4) is 0 Å². The maximum atomic E-state index is 11.9. The third-order valence-electron chi connectivity index (χ3n) is 3.39. The fourth-order valence-electron chi connectivity index (χ4n) is 2.34. The van der Waals surface area contributed by atoms with Gasteiger partial charge >= 0.3 is 0 Å².